The van der Waals surface area contributed by atoms with Gasteiger partial charge in [-0.3, -0.25) is 9.69 Å². The van der Waals surface area contributed by atoms with Crippen LogP contribution in [0.15, 0.2) is 35.0 Å². The second kappa shape index (κ2) is 7.97. The summed E-state index contributed by atoms with van der Waals surface area (Å²) in [6.07, 6.45) is -2.16. The summed E-state index contributed by atoms with van der Waals surface area (Å²) in [4.78, 5) is 34.0. The average Bonchev–Trinajstić information content (AvgIpc) is 2.95. The predicted octanol–water partition coefficient (Wildman–Crippen LogP) is 2.64. The molecule has 0 saturated carbocycles. The van der Waals surface area contributed by atoms with Gasteiger partial charge in [0.1, 0.15) is 17.9 Å². The number of anilines is 1. The normalized spacial score (nSPS) is 22.5. The highest BCUT2D eigenvalue weighted by atomic mass is 35.5. The zero-order chi connectivity index (χ0) is 21.3. The van der Waals surface area contributed by atoms with Crippen LogP contribution in [0, 0.1) is 0 Å². The van der Waals surface area contributed by atoms with E-state index < -0.39 is 42.0 Å². The van der Waals surface area contributed by atoms with E-state index in [9.17, 15) is 27.2 Å². The number of alkyl halides is 4. The Kier molecular flexibility index (Phi) is 5.78. The van der Waals surface area contributed by atoms with Crippen molar-refractivity contribution in [1.29, 1.82) is 0 Å². The first-order valence-electron chi connectivity index (χ1n) is 8.50. The van der Waals surface area contributed by atoms with E-state index in [0.717, 1.165) is 16.0 Å². The summed E-state index contributed by atoms with van der Waals surface area (Å²) in [6.45, 7) is -0.197. The van der Waals surface area contributed by atoms with Gasteiger partial charge < -0.3 is 10.2 Å². The van der Waals surface area contributed by atoms with Crippen LogP contribution in [0.5, 0.6) is 0 Å². The minimum Gasteiger partial charge on any atom is -0.350 e. The first-order chi connectivity index (χ1) is 13.6. The Morgan fingerprint density at radius 1 is 1.41 bits per heavy atom. The molecule has 29 heavy (non-hydrogen) atoms. The summed E-state index contributed by atoms with van der Waals surface area (Å²) in [5, 5.41) is 2.89. The summed E-state index contributed by atoms with van der Waals surface area (Å²) >= 11 is 5.98. The molecule has 0 spiro atoms. The van der Waals surface area contributed by atoms with Crippen molar-refractivity contribution in [2.45, 2.75) is 24.8 Å². The predicted molar refractivity (Wildman–Crippen MR) is 95.9 cm³/mol. The average molecular weight is 434 g/mol. The third-order valence-corrected chi connectivity index (χ3v) is 4.91. The van der Waals surface area contributed by atoms with Crippen LogP contribution in [0.3, 0.4) is 0 Å². The number of allylic oxidation sites excluding steroid dienone is 2. The number of likely N-dealkylation sites (N-methyl/N-ethyl adjacent to an activating group) is 1. The number of halogens is 5. The molecular weight excluding hydrogens is 418 g/mol. The van der Waals surface area contributed by atoms with Gasteiger partial charge in [-0.25, -0.2) is 19.2 Å². The summed E-state index contributed by atoms with van der Waals surface area (Å²) < 4.78 is 51.8. The molecule has 3 amide bonds. The Morgan fingerprint density at radius 2 is 2.14 bits per heavy atom. The molecule has 2 atom stereocenters. The smallest absolute Gasteiger partial charge is 0.350 e. The zero-order valence-corrected chi connectivity index (χ0v) is 15.8. The fourth-order valence-electron chi connectivity index (χ4n) is 2.90. The topological polar surface area (TPSA) is 78.4 Å². The first kappa shape index (κ1) is 21.0. The van der Waals surface area contributed by atoms with E-state index in [2.05, 4.69) is 15.3 Å². The molecule has 2 aliphatic rings. The molecule has 1 aliphatic heterocycles. The van der Waals surface area contributed by atoms with Crippen LogP contribution in [-0.4, -0.2) is 59.2 Å². The first-order valence-corrected chi connectivity index (χ1v) is 8.88. The molecule has 1 aliphatic carbocycles. The van der Waals surface area contributed by atoms with Crippen LogP contribution in [0.2, 0.25) is 0 Å². The Labute approximate surface area is 168 Å². The zero-order valence-electron chi connectivity index (χ0n) is 15.1. The van der Waals surface area contributed by atoms with Crippen molar-refractivity contribution < 1.29 is 27.2 Å². The van der Waals surface area contributed by atoms with Gasteiger partial charge in [-0.15, -0.1) is 0 Å². The lowest BCUT2D eigenvalue weighted by molar-refractivity contribution is -0.141. The van der Waals surface area contributed by atoms with Crippen molar-refractivity contribution in [1.82, 2.24) is 20.2 Å². The number of hydrogen-bond donors (Lipinski definition) is 1. The molecule has 0 radical (unpaired) electrons. The van der Waals surface area contributed by atoms with Gasteiger partial charge >= 0.3 is 12.2 Å². The Morgan fingerprint density at radius 3 is 2.79 bits per heavy atom. The summed E-state index contributed by atoms with van der Waals surface area (Å²) in [6, 6.07) is -0.990. The van der Waals surface area contributed by atoms with E-state index >= 15 is 0 Å². The van der Waals surface area contributed by atoms with Gasteiger partial charge in [0.25, 0.3) is 0 Å². The SMILES string of the molecule is CN1C(=O)N(c2nccc(C(F)(F)F)n2)CC1C(=O)NCC1=C(Cl)CC(F)C=C1. The quantitative estimate of drug-likeness (QED) is 0.740. The minimum atomic E-state index is -4.69. The fourth-order valence-corrected chi connectivity index (χ4v) is 3.17. The van der Waals surface area contributed by atoms with Crippen LogP contribution >= 0.6 is 11.6 Å². The third kappa shape index (κ3) is 4.50. The summed E-state index contributed by atoms with van der Waals surface area (Å²) in [5.74, 6) is -0.981. The van der Waals surface area contributed by atoms with E-state index in [1.54, 1.807) is 0 Å². The fraction of sp³-hybridized carbons (Fsp3) is 0.412. The van der Waals surface area contributed by atoms with E-state index in [1.807, 2.05) is 0 Å². The van der Waals surface area contributed by atoms with Crippen LogP contribution in [-0.2, 0) is 11.0 Å². The van der Waals surface area contributed by atoms with Gasteiger partial charge in [0.05, 0.1) is 6.54 Å². The maximum atomic E-state index is 13.2. The number of amides is 3. The van der Waals surface area contributed by atoms with Gasteiger partial charge in [-0.1, -0.05) is 17.7 Å². The Hall–Kier alpha value is -2.69. The summed E-state index contributed by atoms with van der Waals surface area (Å²) in [5.41, 5.74) is -0.651. The number of hydrogen-bond acceptors (Lipinski definition) is 4. The molecule has 2 unspecified atom stereocenters. The highest BCUT2D eigenvalue weighted by Crippen LogP contribution is 2.29. The third-order valence-electron chi connectivity index (χ3n) is 4.51. The lowest BCUT2D eigenvalue weighted by Crippen LogP contribution is -2.44. The molecule has 156 valence electrons. The highest BCUT2D eigenvalue weighted by Gasteiger charge is 2.42. The van der Waals surface area contributed by atoms with Gasteiger partial charge in [-0.2, -0.15) is 13.2 Å². The maximum absolute atomic E-state index is 13.2. The molecule has 12 heteroatoms. The van der Waals surface area contributed by atoms with Gasteiger partial charge in [0.2, 0.25) is 11.9 Å². The largest absolute Gasteiger partial charge is 0.433 e. The molecule has 0 aromatic carbocycles. The van der Waals surface area contributed by atoms with E-state index in [-0.39, 0.29) is 24.5 Å². The molecule has 0 bridgehead atoms. The van der Waals surface area contributed by atoms with Crippen molar-refractivity contribution in [3.63, 3.8) is 0 Å². The molecule has 7 nitrogen and oxygen atoms in total. The molecule has 1 saturated heterocycles. The molecular formula is C17H16ClF4N5O2. The van der Waals surface area contributed by atoms with E-state index in [0.29, 0.717) is 11.6 Å². The number of urea groups is 1. The number of carbonyl (C=O) groups is 2. The Balaban J connectivity index is 1.70. The van der Waals surface area contributed by atoms with Crippen molar-refractivity contribution >= 4 is 29.5 Å². The monoisotopic (exact) mass is 433 g/mol. The maximum Gasteiger partial charge on any atom is 0.433 e. The Bertz CT molecular complexity index is 889. The van der Waals surface area contributed by atoms with Crippen LogP contribution < -0.4 is 10.2 Å². The summed E-state index contributed by atoms with van der Waals surface area (Å²) in [7, 11) is 1.35. The molecule has 3 rings (SSSR count). The minimum absolute atomic E-state index is 0.0196. The van der Waals surface area contributed by atoms with Crippen LogP contribution in [0.4, 0.5) is 28.3 Å². The molecule has 1 N–H and O–H groups in total. The number of rotatable bonds is 4. The van der Waals surface area contributed by atoms with E-state index in [4.69, 9.17) is 11.6 Å². The number of nitrogens with one attached hydrogen (secondary N) is 1. The highest BCUT2D eigenvalue weighted by molar-refractivity contribution is 6.30. The van der Waals surface area contributed by atoms with Gasteiger partial charge in [0, 0.05) is 31.2 Å². The van der Waals surface area contributed by atoms with Crippen LogP contribution in [0.1, 0.15) is 12.1 Å². The molecule has 1 aromatic rings. The van der Waals surface area contributed by atoms with E-state index in [1.165, 1.54) is 19.2 Å². The second-order valence-corrected chi connectivity index (χ2v) is 6.94. The van der Waals surface area contributed by atoms with Crippen molar-refractivity contribution in [3.8, 4) is 0 Å². The van der Waals surface area contributed by atoms with Crippen molar-refractivity contribution in [2.75, 3.05) is 25.0 Å². The lowest BCUT2D eigenvalue weighted by Gasteiger charge is -2.19. The number of carbonyl (C=O) groups excluding carboxylic acids is 2. The van der Waals surface area contributed by atoms with Crippen LogP contribution in [0.25, 0.3) is 0 Å². The van der Waals surface area contributed by atoms with Crippen molar-refractivity contribution in [2.24, 2.45) is 0 Å². The molecule has 1 fully saturated rings. The second-order valence-electron chi connectivity index (χ2n) is 6.49. The van der Waals surface area contributed by atoms with Crippen molar-refractivity contribution in [3.05, 3.63) is 40.7 Å². The number of aromatic nitrogens is 2. The number of nitrogens with zero attached hydrogens (tertiary/aromatic N) is 4. The lowest BCUT2D eigenvalue weighted by atomic mass is 10.1. The van der Waals surface area contributed by atoms with Gasteiger partial charge in [-0.05, 0) is 17.7 Å². The molecule has 1 aromatic heterocycles. The van der Waals surface area contributed by atoms with Gasteiger partial charge in [0.15, 0.2) is 0 Å². The standard InChI is InChI=1S/C17H16ClF4N5O2/c1-26-12(14(28)24-7-9-2-3-10(19)6-11(9)18)8-27(16(26)29)15-23-5-4-13(25-15)17(20,21)22/h2-5,10,12H,6-8H2,1H3,(H,24,28). The molecule has 2 heterocycles.